The summed E-state index contributed by atoms with van der Waals surface area (Å²) in [5.74, 6) is -1.70. The lowest BCUT2D eigenvalue weighted by Crippen LogP contribution is -2.42. The highest BCUT2D eigenvalue weighted by Crippen LogP contribution is 2.36. The maximum Gasteiger partial charge on any atom is 0.332 e. The summed E-state index contributed by atoms with van der Waals surface area (Å²) < 4.78 is 27.9. The van der Waals surface area contributed by atoms with Crippen LogP contribution in [0.4, 0.5) is 0 Å². The topological polar surface area (TPSA) is 141 Å². The first-order valence-corrected chi connectivity index (χ1v) is 15.9. The molecule has 250 valence electrons. The lowest BCUT2D eigenvalue weighted by Gasteiger charge is -2.33. The van der Waals surface area contributed by atoms with Crippen LogP contribution in [-0.4, -0.2) is 83.6 Å². The highest BCUT2D eigenvalue weighted by molar-refractivity contribution is 5.73. The largest absolute Gasteiger partial charge is 0.460 e. The molecule has 10 nitrogen and oxygen atoms in total. The SMILES string of the molecule is CCOCC(=O)OC1CCC(C)(O)C(OC(C)=O)/C=C\C(C)C(/C(C)=C/C=C/C(C)CC2OC2C(C)C(O)CC)OC(=O)C1. The van der Waals surface area contributed by atoms with Crippen LogP contribution in [0.25, 0.3) is 0 Å². The van der Waals surface area contributed by atoms with Gasteiger partial charge in [-0.2, -0.15) is 0 Å². The van der Waals surface area contributed by atoms with E-state index in [1.807, 2.05) is 39.8 Å². The Hall–Kier alpha value is -2.53. The lowest BCUT2D eigenvalue weighted by atomic mass is 9.88. The van der Waals surface area contributed by atoms with Crippen molar-refractivity contribution in [3.8, 4) is 0 Å². The average Bonchev–Trinajstić information content (AvgIpc) is 3.72. The van der Waals surface area contributed by atoms with Crippen molar-refractivity contribution in [3.63, 3.8) is 0 Å². The molecule has 0 aromatic heterocycles. The van der Waals surface area contributed by atoms with E-state index in [2.05, 4.69) is 13.0 Å². The Balaban J connectivity index is 2.22. The molecule has 2 aliphatic heterocycles. The van der Waals surface area contributed by atoms with Crippen LogP contribution in [0.3, 0.4) is 0 Å². The van der Waals surface area contributed by atoms with E-state index >= 15 is 0 Å². The smallest absolute Gasteiger partial charge is 0.332 e. The minimum atomic E-state index is -1.48. The summed E-state index contributed by atoms with van der Waals surface area (Å²) in [6.07, 6.45) is 8.27. The van der Waals surface area contributed by atoms with E-state index in [0.29, 0.717) is 13.0 Å². The van der Waals surface area contributed by atoms with Crippen LogP contribution in [0.5, 0.6) is 0 Å². The average molecular weight is 623 g/mol. The van der Waals surface area contributed by atoms with Gasteiger partial charge in [0.2, 0.25) is 0 Å². The van der Waals surface area contributed by atoms with Gasteiger partial charge in [0.25, 0.3) is 0 Å². The van der Waals surface area contributed by atoms with Crippen molar-refractivity contribution in [2.24, 2.45) is 17.8 Å². The number of hydrogen-bond donors (Lipinski definition) is 2. The van der Waals surface area contributed by atoms with Gasteiger partial charge in [0.1, 0.15) is 30.5 Å². The predicted octanol–water partition coefficient (Wildman–Crippen LogP) is 4.61. The number of cyclic esters (lactones) is 1. The van der Waals surface area contributed by atoms with Crippen LogP contribution in [0.15, 0.2) is 36.0 Å². The van der Waals surface area contributed by atoms with E-state index in [1.165, 1.54) is 6.92 Å². The Morgan fingerprint density at radius 2 is 1.89 bits per heavy atom. The third-order valence-electron chi connectivity index (χ3n) is 8.34. The van der Waals surface area contributed by atoms with Gasteiger partial charge in [-0.15, -0.1) is 0 Å². The van der Waals surface area contributed by atoms with E-state index in [9.17, 15) is 24.6 Å². The molecule has 0 aromatic carbocycles. The van der Waals surface area contributed by atoms with E-state index in [1.54, 1.807) is 26.0 Å². The van der Waals surface area contributed by atoms with Crippen molar-refractivity contribution in [2.45, 2.75) is 130 Å². The monoisotopic (exact) mass is 622 g/mol. The summed E-state index contributed by atoms with van der Waals surface area (Å²) in [6, 6.07) is 0. The third kappa shape index (κ3) is 12.5. The molecule has 44 heavy (non-hydrogen) atoms. The molecule has 1 saturated heterocycles. The molecule has 10 unspecified atom stereocenters. The van der Waals surface area contributed by atoms with Gasteiger partial charge in [0, 0.05) is 25.4 Å². The third-order valence-corrected chi connectivity index (χ3v) is 8.34. The highest BCUT2D eigenvalue weighted by Gasteiger charge is 2.45. The maximum atomic E-state index is 13.1. The summed E-state index contributed by atoms with van der Waals surface area (Å²) >= 11 is 0. The molecule has 2 heterocycles. The Labute approximate surface area is 262 Å². The zero-order chi connectivity index (χ0) is 33.0. The summed E-state index contributed by atoms with van der Waals surface area (Å²) in [5, 5.41) is 21.4. The van der Waals surface area contributed by atoms with E-state index in [4.69, 9.17) is 23.7 Å². The van der Waals surface area contributed by atoms with Crippen LogP contribution in [0, 0.1) is 17.8 Å². The normalized spacial score (nSPS) is 32.9. The molecule has 0 aliphatic carbocycles. The second-order valence-electron chi connectivity index (χ2n) is 12.5. The zero-order valence-electron chi connectivity index (χ0n) is 27.7. The van der Waals surface area contributed by atoms with Crippen molar-refractivity contribution in [1.82, 2.24) is 0 Å². The molecule has 2 rings (SSSR count). The number of aliphatic hydroxyl groups is 2. The molecule has 2 N–H and O–H groups in total. The Morgan fingerprint density at radius 3 is 2.52 bits per heavy atom. The van der Waals surface area contributed by atoms with Crippen molar-refractivity contribution in [1.29, 1.82) is 0 Å². The van der Waals surface area contributed by atoms with Crippen molar-refractivity contribution in [2.75, 3.05) is 13.2 Å². The van der Waals surface area contributed by atoms with Gasteiger partial charge in [-0.25, -0.2) is 4.79 Å². The maximum absolute atomic E-state index is 13.1. The van der Waals surface area contributed by atoms with Crippen LogP contribution in [0.1, 0.15) is 87.5 Å². The second-order valence-corrected chi connectivity index (χ2v) is 12.5. The number of ether oxygens (including phenoxy) is 5. The second kappa shape index (κ2) is 17.8. The van der Waals surface area contributed by atoms with Gasteiger partial charge < -0.3 is 33.9 Å². The summed E-state index contributed by atoms with van der Waals surface area (Å²) in [7, 11) is 0. The Morgan fingerprint density at radius 1 is 1.18 bits per heavy atom. The number of aliphatic hydroxyl groups excluding tert-OH is 1. The number of epoxide rings is 1. The quantitative estimate of drug-likeness (QED) is 0.0984. The number of hydrogen-bond acceptors (Lipinski definition) is 10. The molecule has 0 saturated carbocycles. The van der Waals surface area contributed by atoms with E-state index in [-0.39, 0.29) is 61.9 Å². The summed E-state index contributed by atoms with van der Waals surface area (Å²) in [6.45, 7) is 14.5. The summed E-state index contributed by atoms with van der Waals surface area (Å²) in [5.41, 5.74) is -0.692. The van der Waals surface area contributed by atoms with E-state index < -0.39 is 41.8 Å². The number of carbonyl (C=O) groups is 3. The fourth-order valence-corrected chi connectivity index (χ4v) is 5.46. The zero-order valence-corrected chi connectivity index (χ0v) is 27.7. The van der Waals surface area contributed by atoms with Crippen molar-refractivity contribution in [3.05, 3.63) is 36.0 Å². The molecule has 0 spiro atoms. The van der Waals surface area contributed by atoms with Crippen LogP contribution in [-0.2, 0) is 38.1 Å². The summed E-state index contributed by atoms with van der Waals surface area (Å²) in [4.78, 5) is 37.3. The molecule has 0 radical (unpaired) electrons. The van der Waals surface area contributed by atoms with Gasteiger partial charge in [-0.05, 0) is 64.0 Å². The van der Waals surface area contributed by atoms with Gasteiger partial charge >= 0.3 is 17.9 Å². The van der Waals surface area contributed by atoms with E-state index in [0.717, 1.165) is 12.0 Å². The lowest BCUT2D eigenvalue weighted by molar-refractivity contribution is -0.163. The highest BCUT2D eigenvalue weighted by atomic mass is 16.6. The molecule has 0 aromatic rings. The van der Waals surface area contributed by atoms with Crippen LogP contribution in [0.2, 0.25) is 0 Å². The Bertz CT molecular complexity index is 1030. The minimum Gasteiger partial charge on any atom is -0.460 e. The molecule has 0 amide bonds. The molecule has 10 heteroatoms. The molecular weight excluding hydrogens is 568 g/mol. The first kappa shape index (κ1) is 37.7. The van der Waals surface area contributed by atoms with Crippen LogP contribution >= 0.6 is 0 Å². The van der Waals surface area contributed by atoms with Gasteiger partial charge in [-0.1, -0.05) is 52.0 Å². The molecule has 1 fully saturated rings. The molecule has 10 atom stereocenters. The number of rotatable bonds is 13. The van der Waals surface area contributed by atoms with Gasteiger partial charge in [0.15, 0.2) is 0 Å². The molecular formula is C34H54O10. The van der Waals surface area contributed by atoms with Gasteiger partial charge in [0.05, 0.1) is 24.7 Å². The minimum absolute atomic E-state index is 0.0835. The van der Waals surface area contributed by atoms with Crippen LogP contribution < -0.4 is 0 Å². The Kier molecular flexibility index (Phi) is 15.3. The molecule has 0 bridgehead atoms. The number of esters is 3. The predicted molar refractivity (Wildman–Crippen MR) is 165 cm³/mol. The van der Waals surface area contributed by atoms with Crippen molar-refractivity contribution >= 4 is 17.9 Å². The van der Waals surface area contributed by atoms with Gasteiger partial charge in [-0.3, -0.25) is 9.59 Å². The van der Waals surface area contributed by atoms with Crippen molar-refractivity contribution < 1.29 is 48.3 Å². The fourth-order valence-electron chi connectivity index (χ4n) is 5.46. The number of allylic oxidation sites excluding steroid dienone is 3. The number of carbonyl (C=O) groups excluding carboxylic acids is 3. The molecule has 2 aliphatic rings. The standard InChI is InChI=1S/C34H54O10/c1-9-27(36)24(6)33-28(43-33)18-21(3)12-11-13-22(4)32-23(5)14-15-29(41-25(7)35)34(8,39)17-16-26(19-30(37)44-32)42-31(38)20-40-10-2/h11-15,21,23-24,26-29,32-33,36,39H,9-10,16-20H2,1-8H3/b12-11+,15-14-,22-13+. The fraction of sp³-hybridized carbons (Fsp3) is 0.735. The first-order valence-electron chi connectivity index (χ1n) is 15.9. The first-order chi connectivity index (χ1) is 20.7.